The summed E-state index contributed by atoms with van der Waals surface area (Å²) in [4.78, 5) is 11.2. The van der Waals surface area contributed by atoms with Gasteiger partial charge in [-0.05, 0) is 12.1 Å². The number of aromatic amines is 1. The molecule has 2 aromatic rings. The normalized spacial score (nSPS) is 10.3. The molecule has 0 radical (unpaired) electrons. The molecule has 14 heavy (non-hydrogen) atoms. The van der Waals surface area contributed by atoms with Gasteiger partial charge in [0.1, 0.15) is 5.69 Å². The highest BCUT2D eigenvalue weighted by molar-refractivity contribution is 5.60. The molecule has 0 unspecified atom stereocenters. The lowest BCUT2D eigenvalue weighted by Gasteiger charge is -2.03. The van der Waals surface area contributed by atoms with E-state index in [0.29, 0.717) is 0 Å². The predicted molar refractivity (Wildman–Crippen MR) is 55.2 cm³/mol. The van der Waals surface area contributed by atoms with E-state index in [1.54, 1.807) is 0 Å². The smallest absolute Gasteiger partial charge is 0.289 e. The maximum atomic E-state index is 11.2. The minimum atomic E-state index is -0.369. The summed E-state index contributed by atoms with van der Waals surface area (Å²) in [5, 5.41) is 2.54. The van der Waals surface area contributed by atoms with E-state index < -0.39 is 0 Å². The van der Waals surface area contributed by atoms with Crippen molar-refractivity contribution in [2.24, 2.45) is 0 Å². The Kier molecular flexibility index (Phi) is 1.78. The number of benzene rings is 1. The number of nitrogens with two attached hydrogens (primary N) is 2. The molecule has 0 saturated heterocycles. The van der Waals surface area contributed by atoms with Crippen LogP contribution >= 0.6 is 0 Å². The highest BCUT2D eigenvalue weighted by atomic mass is 16.1. The van der Waals surface area contributed by atoms with Crippen LogP contribution in [0.3, 0.4) is 0 Å². The average molecular weight is 190 g/mol. The van der Waals surface area contributed by atoms with E-state index in [9.17, 15) is 4.79 Å². The Morgan fingerprint density at radius 3 is 2.29 bits per heavy atom. The van der Waals surface area contributed by atoms with Gasteiger partial charge in [-0.1, -0.05) is 18.2 Å². The third-order valence-electron chi connectivity index (χ3n) is 1.99. The molecule has 5 N–H and O–H groups in total. The van der Waals surface area contributed by atoms with Gasteiger partial charge in [0.15, 0.2) is 5.82 Å². The van der Waals surface area contributed by atoms with Gasteiger partial charge in [-0.15, -0.1) is 0 Å². The fourth-order valence-electron chi connectivity index (χ4n) is 1.24. The van der Waals surface area contributed by atoms with Crippen LogP contribution in [0.4, 0.5) is 11.5 Å². The van der Waals surface area contributed by atoms with Crippen LogP contribution < -0.4 is 17.0 Å². The maximum absolute atomic E-state index is 11.2. The second-order valence-corrected chi connectivity index (χ2v) is 2.91. The van der Waals surface area contributed by atoms with Crippen LogP contribution in [0.2, 0.25) is 0 Å². The van der Waals surface area contributed by atoms with Gasteiger partial charge in [0, 0.05) is 0 Å². The summed E-state index contributed by atoms with van der Waals surface area (Å²) in [5.74, 6) is 0.237. The van der Waals surface area contributed by atoms with Crippen LogP contribution in [-0.2, 0) is 0 Å². The molecule has 1 aromatic heterocycles. The summed E-state index contributed by atoms with van der Waals surface area (Å²) in [6, 6.07) is 9.23. The number of aromatic nitrogens is 2. The molecule has 1 aromatic carbocycles. The first-order valence-electron chi connectivity index (χ1n) is 4.11. The number of nitrogen functional groups attached to an aromatic ring is 2. The zero-order chi connectivity index (χ0) is 10.1. The molecule has 0 bridgehead atoms. The van der Waals surface area contributed by atoms with Gasteiger partial charge in [-0.25, -0.2) is 4.68 Å². The second kappa shape index (κ2) is 2.95. The molecule has 5 nitrogen and oxygen atoms in total. The SMILES string of the molecule is Nc1c(N)n(-c2ccccc2)[nH]c1=O. The summed E-state index contributed by atoms with van der Waals surface area (Å²) in [5.41, 5.74) is 11.6. The van der Waals surface area contributed by atoms with Crippen molar-refractivity contribution < 1.29 is 0 Å². The first-order valence-corrected chi connectivity index (χ1v) is 4.11. The summed E-state index contributed by atoms with van der Waals surface area (Å²) < 4.78 is 1.46. The number of para-hydroxylation sites is 1. The van der Waals surface area contributed by atoms with Crippen LogP contribution in [0.25, 0.3) is 5.69 Å². The van der Waals surface area contributed by atoms with Crippen LogP contribution in [0, 0.1) is 0 Å². The van der Waals surface area contributed by atoms with Crippen molar-refractivity contribution in [3.63, 3.8) is 0 Å². The van der Waals surface area contributed by atoms with Crippen molar-refractivity contribution in [3.05, 3.63) is 40.7 Å². The second-order valence-electron chi connectivity index (χ2n) is 2.91. The Labute approximate surface area is 79.9 Å². The first-order chi connectivity index (χ1) is 6.70. The molecular formula is C9H10N4O. The third-order valence-corrected chi connectivity index (χ3v) is 1.99. The minimum Gasteiger partial charge on any atom is -0.391 e. The molecule has 5 heteroatoms. The van der Waals surface area contributed by atoms with Crippen LogP contribution in [0.1, 0.15) is 0 Å². The Balaban J connectivity index is 2.64. The quantitative estimate of drug-likeness (QED) is 0.605. The average Bonchev–Trinajstić information content (AvgIpc) is 2.47. The van der Waals surface area contributed by atoms with E-state index in [0.717, 1.165) is 5.69 Å². The molecule has 0 aliphatic carbocycles. The van der Waals surface area contributed by atoms with Gasteiger partial charge in [-0.2, -0.15) is 0 Å². The van der Waals surface area contributed by atoms with E-state index in [2.05, 4.69) is 5.10 Å². The Bertz CT molecular complexity index is 497. The molecule has 0 aliphatic heterocycles. The van der Waals surface area contributed by atoms with Gasteiger partial charge >= 0.3 is 0 Å². The van der Waals surface area contributed by atoms with E-state index in [-0.39, 0.29) is 17.1 Å². The van der Waals surface area contributed by atoms with Crippen molar-refractivity contribution in [3.8, 4) is 5.69 Å². The van der Waals surface area contributed by atoms with Crippen molar-refractivity contribution in [1.29, 1.82) is 0 Å². The van der Waals surface area contributed by atoms with E-state index >= 15 is 0 Å². The standard InChI is InChI=1S/C9H10N4O/c10-7-8(11)13(12-9(7)14)6-4-2-1-3-5-6/h1-5H,10-11H2,(H,12,14). The number of nitrogens with zero attached hydrogens (tertiary/aromatic N) is 1. The topological polar surface area (TPSA) is 89.8 Å². The molecule has 0 amide bonds. The monoisotopic (exact) mass is 190 g/mol. The Morgan fingerprint density at radius 1 is 1.14 bits per heavy atom. The lowest BCUT2D eigenvalue weighted by molar-refractivity contribution is 0.874. The number of hydrogen-bond donors (Lipinski definition) is 3. The van der Waals surface area contributed by atoms with E-state index in [4.69, 9.17) is 11.5 Å². The molecule has 0 saturated carbocycles. The largest absolute Gasteiger partial charge is 0.391 e. The zero-order valence-corrected chi connectivity index (χ0v) is 7.40. The van der Waals surface area contributed by atoms with Crippen molar-refractivity contribution in [2.75, 3.05) is 11.5 Å². The molecule has 0 spiro atoms. The van der Waals surface area contributed by atoms with Gasteiger partial charge < -0.3 is 11.5 Å². The number of anilines is 2. The summed E-state index contributed by atoms with van der Waals surface area (Å²) in [7, 11) is 0. The lowest BCUT2D eigenvalue weighted by atomic mass is 10.3. The minimum absolute atomic E-state index is 0.0499. The third kappa shape index (κ3) is 1.15. The van der Waals surface area contributed by atoms with E-state index in [1.165, 1.54) is 4.68 Å². The molecular weight excluding hydrogens is 180 g/mol. The Hall–Kier alpha value is -2.17. The highest BCUT2D eigenvalue weighted by Crippen LogP contribution is 2.14. The van der Waals surface area contributed by atoms with Crippen molar-refractivity contribution in [1.82, 2.24) is 9.78 Å². The molecule has 0 atom stereocenters. The fraction of sp³-hybridized carbons (Fsp3) is 0. The van der Waals surface area contributed by atoms with Crippen LogP contribution in [0.5, 0.6) is 0 Å². The first kappa shape index (κ1) is 8.43. The van der Waals surface area contributed by atoms with Gasteiger partial charge in [0.2, 0.25) is 0 Å². The molecule has 72 valence electrons. The van der Waals surface area contributed by atoms with Gasteiger partial charge in [0.05, 0.1) is 5.69 Å². The molecule has 2 rings (SSSR count). The molecule has 1 heterocycles. The number of rotatable bonds is 1. The van der Waals surface area contributed by atoms with Crippen molar-refractivity contribution >= 4 is 11.5 Å². The summed E-state index contributed by atoms with van der Waals surface area (Å²) in [6.07, 6.45) is 0. The van der Waals surface area contributed by atoms with E-state index in [1.807, 2.05) is 30.3 Å². The van der Waals surface area contributed by atoms with Crippen molar-refractivity contribution in [2.45, 2.75) is 0 Å². The fourth-order valence-corrected chi connectivity index (χ4v) is 1.24. The highest BCUT2D eigenvalue weighted by Gasteiger charge is 2.08. The zero-order valence-electron chi connectivity index (χ0n) is 7.40. The lowest BCUT2D eigenvalue weighted by Crippen LogP contribution is -2.06. The molecule has 0 aliphatic rings. The van der Waals surface area contributed by atoms with Crippen LogP contribution in [0.15, 0.2) is 35.1 Å². The molecule has 0 fully saturated rings. The van der Waals surface area contributed by atoms with Gasteiger partial charge in [-0.3, -0.25) is 9.89 Å². The van der Waals surface area contributed by atoms with Crippen LogP contribution in [-0.4, -0.2) is 9.78 Å². The number of nitrogens with one attached hydrogen (secondary N) is 1. The maximum Gasteiger partial charge on any atom is 0.289 e. The summed E-state index contributed by atoms with van der Waals surface area (Å²) >= 11 is 0. The van der Waals surface area contributed by atoms with Gasteiger partial charge in [0.25, 0.3) is 5.56 Å². The Morgan fingerprint density at radius 2 is 1.79 bits per heavy atom. The summed E-state index contributed by atoms with van der Waals surface area (Å²) in [6.45, 7) is 0. The number of H-pyrrole nitrogens is 1. The number of hydrogen-bond acceptors (Lipinski definition) is 3. The predicted octanol–water partition coefficient (Wildman–Crippen LogP) is 0.330.